The van der Waals surface area contributed by atoms with Crippen LogP contribution in [0.5, 0.6) is 0 Å². The number of carboxylic acids is 1. The summed E-state index contributed by atoms with van der Waals surface area (Å²) in [7, 11) is 0. The molecule has 2 aromatic carbocycles. The number of carbonyl (C=O) groups excluding carboxylic acids is 1. The van der Waals surface area contributed by atoms with Crippen LogP contribution >= 0.6 is 0 Å². The zero-order valence-corrected chi connectivity index (χ0v) is 17.3. The molecule has 1 atom stereocenters. The number of unbranched alkanes of at least 4 members (excludes halogenated alkanes) is 2. The van der Waals surface area contributed by atoms with E-state index in [1.165, 1.54) is 24.5 Å². The first-order chi connectivity index (χ1) is 15.0. The van der Waals surface area contributed by atoms with Gasteiger partial charge in [-0.25, -0.2) is 10.2 Å². The van der Waals surface area contributed by atoms with Crippen LogP contribution in [0.15, 0.2) is 59.0 Å². The lowest BCUT2D eigenvalue weighted by Gasteiger charge is -2.14. The van der Waals surface area contributed by atoms with E-state index in [2.05, 4.69) is 23.1 Å². The van der Waals surface area contributed by atoms with E-state index in [0.717, 1.165) is 29.7 Å². The minimum Gasteiger partial charge on any atom is -0.475 e. The molecular weight excluding hydrogens is 394 g/mol. The minimum atomic E-state index is -1.11. The van der Waals surface area contributed by atoms with Crippen LogP contribution in [-0.2, 0) is 6.42 Å². The maximum absolute atomic E-state index is 12.8. The molecule has 1 aromatic heterocycles. The maximum atomic E-state index is 12.8. The molecule has 1 unspecified atom stereocenters. The maximum Gasteiger partial charge on any atom is 0.371 e. The van der Waals surface area contributed by atoms with Crippen molar-refractivity contribution in [2.24, 2.45) is 0 Å². The fourth-order valence-corrected chi connectivity index (χ4v) is 3.63. The van der Waals surface area contributed by atoms with Crippen LogP contribution in [0.4, 0.5) is 5.69 Å². The number of aromatic carboxylic acids is 1. The van der Waals surface area contributed by atoms with Gasteiger partial charge in [0.05, 0.1) is 5.69 Å². The predicted molar refractivity (Wildman–Crippen MR) is 118 cm³/mol. The Morgan fingerprint density at radius 3 is 2.58 bits per heavy atom. The lowest BCUT2D eigenvalue weighted by atomic mass is 10.0. The first-order valence-electron chi connectivity index (χ1n) is 10.4. The van der Waals surface area contributed by atoms with E-state index in [9.17, 15) is 9.59 Å². The third-order valence-corrected chi connectivity index (χ3v) is 5.38. The van der Waals surface area contributed by atoms with Gasteiger partial charge in [0, 0.05) is 16.7 Å². The van der Waals surface area contributed by atoms with Gasteiger partial charge in [-0.15, -0.1) is 0 Å². The zero-order valence-electron chi connectivity index (χ0n) is 17.3. The molecule has 0 fully saturated rings. The van der Waals surface area contributed by atoms with E-state index in [4.69, 9.17) is 9.52 Å². The first kappa shape index (κ1) is 20.7. The van der Waals surface area contributed by atoms with Gasteiger partial charge in [0.25, 0.3) is 5.91 Å². The second-order valence-corrected chi connectivity index (χ2v) is 7.60. The Morgan fingerprint density at radius 2 is 1.87 bits per heavy atom. The van der Waals surface area contributed by atoms with E-state index in [1.807, 2.05) is 42.5 Å². The average molecular weight is 419 g/mol. The van der Waals surface area contributed by atoms with Crippen LogP contribution in [-0.4, -0.2) is 17.0 Å². The van der Waals surface area contributed by atoms with E-state index >= 15 is 0 Å². The molecule has 0 radical (unpaired) electrons. The van der Waals surface area contributed by atoms with Gasteiger partial charge in [-0.3, -0.25) is 4.79 Å². The number of hydrazine groups is 1. The molecule has 0 bridgehead atoms. The summed E-state index contributed by atoms with van der Waals surface area (Å²) in [5.74, 6) is -0.952. The topological polar surface area (TPSA) is 104 Å². The molecule has 1 aliphatic rings. The highest BCUT2D eigenvalue weighted by Crippen LogP contribution is 2.32. The summed E-state index contributed by atoms with van der Waals surface area (Å²) in [6.07, 6.45) is 4.14. The molecule has 2 heterocycles. The van der Waals surface area contributed by atoms with Crippen molar-refractivity contribution in [1.29, 1.82) is 0 Å². The highest BCUT2D eigenvalue weighted by Gasteiger charge is 2.25. The molecule has 160 valence electrons. The van der Waals surface area contributed by atoms with Gasteiger partial charge in [0.2, 0.25) is 5.76 Å². The quantitative estimate of drug-likeness (QED) is 0.393. The second-order valence-electron chi connectivity index (χ2n) is 7.60. The number of hydrogen-bond donors (Lipinski definition) is 4. The van der Waals surface area contributed by atoms with Crippen molar-refractivity contribution >= 4 is 17.6 Å². The molecule has 7 heteroatoms. The number of nitrogens with one attached hydrogen (secondary N) is 3. The number of aryl methyl sites for hydroxylation is 1. The standard InChI is InChI=1S/C24H25N3O4/c1-2-3-4-5-15-6-8-16(9-7-15)23(28)25-22-18-14-17(10-11-19(18)26-27-22)20-12-13-21(31-20)24(29)30/h6-14,22,26-27H,2-5H2,1H3,(H,25,28)(H,29,30). The smallest absolute Gasteiger partial charge is 0.371 e. The fraction of sp³-hybridized carbons (Fsp3) is 0.250. The van der Waals surface area contributed by atoms with E-state index in [-0.39, 0.29) is 11.7 Å². The molecule has 4 N–H and O–H groups in total. The van der Waals surface area contributed by atoms with Crippen LogP contribution in [0.3, 0.4) is 0 Å². The Morgan fingerprint density at radius 1 is 1.06 bits per heavy atom. The summed E-state index contributed by atoms with van der Waals surface area (Å²) in [4.78, 5) is 23.8. The lowest BCUT2D eigenvalue weighted by molar-refractivity contribution is 0.0663. The Bertz CT molecular complexity index is 1090. The molecule has 1 amide bonds. The van der Waals surface area contributed by atoms with Crippen LogP contribution < -0.4 is 16.2 Å². The van der Waals surface area contributed by atoms with Crippen molar-refractivity contribution in [3.8, 4) is 11.3 Å². The Labute approximate surface area is 180 Å². The van der Waals surface area contributed by atoms with Gasteiger partial charge in [-0.2, -0.15) is 0 Å². The van der Waals surface area contributed by atoms with Crippen molar-refractivity contribution in [3.63, 3.8) is 0 Å². The highest BCUT2D eigenvalue weighted by molar-refractivity contribution is 5.94. The van der Waals surface area contributed by atoms with Crippen LogP contribution in [0, 0.1) is 0 Å². The van der Waals surface area contributed by atoms with Crippen LogP contribution in [0.2, 0.25) is 0 Å². The van der Waals surface area contributed by atoms with Crippen molar-refractivity contribution < 1.29 is 19.1 Å². The number of carbonyl (C=O) groups is 2. The Balaban J connectivity index is 1.46. The summed E-state index contributed by atoms with van der Waals surface area (Å²) in [6, 6.07) is 16.3. The van der Waals surface area contributed by atoms with Crippen LogP contribution in [0.25, 0.3) is 11.3 Å². The number of amides is 1. The SMILES string of the molecule is CCCCCc1ccc(C(=O)NC2NNc3ccc(-c4ccc(C(=O)O)o4)cc32)cc1. The third-order valence-electron chi connectivity index (χ3n) is 5.38. The summed E-state index contributed by atoms with van der Waals surface area (Å²) in [5, 5.41) is 12.0. The van der Waals surface area contributed by atoms with Gasteiger partial charge in [0.15, 0.2) is 0 Å². The van der Waals surface area contributed by atoms with Crippen molar-refractivity contribution in [1.82, 2.24) is 10.7 Å². The number of furan rings is 1. The average Bonchev–Trinajstić information content (AvgIpc) is 3.42. The molecule has 4 rings (SSSR count). The predicted octanol–water partition coefficient (Wildman–Crippen LogP) is 4.74. The number of fused-ring (bicyclic) bond motifs is 1. The fourth-order valence-electron chi connectivity index (χ4n) is 3.63. The number of carboxylic acid groups (broad SMARTS) is 1. The minimum absolute atomic E-state index is 0.116. The van der Waals surface area contributed by atoms with E-state index < -0.39 is 12.1 Å². The summed E-state index contributed by atoms with van der Waals surface area (Å²) in [5.41, 5.74) is 10.4. The number of hydrogen-bond acceptors (Lipinski definition) is 5. The monoisotopic (exact) mass is 419 g/mol. The molecule has 0 saturated heterocycles. The largest absolute Gasteiger partial charge is 0.475 e. The van der Waals surface area contributed by atoms with E-state index in [1.54, 1.807) is 6.07 Å². The summed E-state index contributed by atoms with van der Waals surface area (Å²) < 4.78 is 5.40. The summed E-state index contributed by atoms with van der Waals surface area (Å²) in [6.45, 7) is 2.18. The second kappa shape index (κ2) is 9.06. The normalized spacial score (nSPS) is 14.7. The zero-order chi connectivity index (χ0) is 21.8. The Hall–Kier alpha value is -3.58. The van der Waals surface area contributed by atoms with Crippen molar-refractivity contribution in [2.45, 2.75) is 38.8 Å². The Kier molecular flexibility index (Phi) is 6.04. The molecule has 31 heavy (non-hydrogen) atoms. The van der Waals surface area contributed by atoms with Gasteiger partial charge in [-0.1, -0.05) is 31.9 Å². The first-order valence-corrected chi connectivity index (χ1v) is 10.4. The molecule has 1 aliphatic heterocycles. The molecule has 3 aromatic rings. The highest BCUT2D eigenvalue weighted by atomic mass is 16.4. The molecule has 0 aliphatic carbocycles. The van der Waals surface area contributed by atoms with Gasteiger partial charge >= 0.3 is 5.97 Å². The van der Waals surface area contributed by atoms with Crippen molar-refractivity contribution in [2.75, 3.05) is 5.43 Å². The molecule has 7 nitrogen and oxygen atoms in total. The van der Waals surface area contributed by atoms with Gasteiger partial charge in [0.1, 0.15) is 11.9 Å². The van der Waals surface area contributed by atoms with Gasteiger partial charge in [-0.05, 0) is 60.9 Å². The van der Waals surface area contributed by atoms with Gasteiger partial charge < -0.3 is 20.3 Å². The molecule has 0 saturated carbocycles. The third kappa shape index (κ3) is 4.62. The number of rotatable bonds is 8. The van der Waals surface area contributed by atoms with Crippen molar-refractivity contribution in [3.05, 3.63) is 77.0 Å². The molecule has 0 spiro atoms. The van der Waals surface area contributed by atoms with E-state index in [0.29, 0.717) is 11.3 Å². The lowest BCUT2D eigenvalue weighted by Crippen LogP contribution is -2.36. The van der Waals surface area contributed by atoms with Crippen LogP contribution in [0.1, 0.15) is 64.4 Å². The number of anilines is 1. The molecular formula is C24H25N3O4. The summed E-state index contributed by atoms with van der Waals surface area (Å²) >= 11 is 0. The number of benzene rings is 2.